The molecule has 1 aromatic rings. The van der Waals surface area contributed by atoms with E-state index >= 15 is 0 Å². The summed E-state index contributed by atoms with van der Waals surface area (Å²) >= 11 is 0. The van der Waals surface area contributed by atoms with Gasteiger partial charge in [0.1, 0.15) is 0 Å². The summed E-state index contributed by atoms with van der Waals surface area (Å²) < 4.78 is 5.31. The highest BCUT2D eigenvalue weighted by Crippen LogP contribution is 2.24. The molecule has 1 aromatic carbocycles. The lowest BCUT2D eigenvalue weighted by atomic mass is 9.98. The maximum Gasteiger partial charge on any atom is 0.0507 e. The Kier molecular flexibility index (Phi) is 4.58. The predicted molar refractivity (Wildman–Crippen MR) is 83.1 cm³/mol. The zero-order chi connectivity index (χ0) is 13.8. The third-order valence-electron chi connectivity index (χ3n) is 4.40. The minimum Gasteiger partial charge on any atom is -0.384 e. The lowest BCUT2D eigenvalue weighted by molar-refractivity contribution is 0.143. The second-order valence-electron chi connectivity index (χ2n) is 6.23. The van der Waals surface area contributed by atoms with Crippen molar-refractivity contribution in [3.63, 3.8) is 0 Å². The predicted octanol–water partition coefficient (Wildman–Crippen LogP) is 2.80. The third-order valence-corrected chi connectivity index (χ3v) is 4.40. The molecule has 1 heterocycles. The van der Waals surface area contributed by atoms with E-state index in [0.717, 1.165) is 25.7 Å². The van der Waals surface area contributed by atoms with E-state index in [-0.39, 0.29) is 0 Å². The first-order chi connectivity index (χ1) is 9.85. The van der Waals surface area contributed by atoms with E-state index in [0.29, 0.717) is 5.92 Å². The molecule has 0 aromatic heterocycles. The topological polar surface area (TPSA) is 24.5 Å². The highest BCUT2D eigenvalue weighted by molar-refractivity contribution is 5.48. The van der Waals surface area contributed by atoms with E-state index in [2.05, 4.69) is 34.5 Å². The minimum absolute atomic E-state index is 0.685. The van der Waals surface area contributed by atoms with Gasteiger partial charge in [-0.2, -0.15) is 0 Å². The highest BCUT2D eigenvalue weighted by atomic mass is 16.5. The molecule has 1 saturated heterocycles. The lowest BCUT2D eigenvalue weighted by Crippen LogP contribution is -2.37. The van der Waals surface area contributed by atoms with Gasteiger partial charge < -0.3 is 15.0 Å². The van der Waals surface area contributed by atoms with Crippen LogP contribution in [0.4, 0.5) is 5.69 Å². The van der Waals surface area contributed by atoms with E-state index in [1.54, 1.807) is 7.11 Å². The van der Waals surface area contributed by atoms with Crippen LogP contribution in [0.25, 0.3) is 0 Å². The molecule has 3 rings (SSSR count). The van der Waals surface area contributed by atoms with Crippen molar-refractivity contribution in [2.75, 3.05) is 31.7 Å². The molecule has 2 aliphatic rings. The van der Waals surface area contributed by atoms with E-state index < -0.39 is 0 Å². The fourth-order valence-electron chi connectivity index (χ4n) is 3.05. The summed E-state index contributed by atoms with van der Waals surface area (Å²) in [5, 5.41) is 3.57. The molecule has 1 atom stereocenters. The molecule has 1 N–H and O–H groups in total. The maximum absolute atomic E-state index is 5.31. The number of nitrogens with one attached hydrogen (secondary N) is 1. The molecule has 3 heteroatoms. The van der Waals surface area contributed by atoms with Crippen molar-refractivity contribution < 1.29 is 4.74 Å². The van der Waals surface area contributed by atoms with Crippen LogP contribution in [0, 0.1) is 5.92 Å². The van der Waals surface area contributed by atoms with Crippen molar-refractivity contribution in [3.05, 3.63) is 29.8 Å². The van der Waals surface area contributed by atoms with Gasteiger partial charge in [0.15, 0.2) is 0 Å². The maximum atomic E-state index is 5.31. The van der Waals surface area contributed by atoms with Gasteiger partial charge in [-0.3, -0.25) is 0 Å². The van der Waals surface area contributed by atoms with Gasteiger partial charge in [-0.15, -0.1) is 0 Å². The van der Waals surface area contributed by atoms with Gasteiger partial charge >= 0.3 is 0 Å². The van der Waals surface area contributed by atoms with Gasteiger partial charge in [-0.05, 0) is 49.3 Å². The fourth-order valence-corrected chi connectivity index (χ4v) is 3.05. The van der Waals surface area contributed by atoms with Crippen LogP contribution in [0.1, 0.15) is 31.2 Å². The van der Waals surface area contributed by atoms with Crippen LogP contribution >= 0.6 is 0 Å². The van der Waals surface area contributed by atoms with Gasteiger partial charge in [0.2, 0.25) is 0 Å². The zero-order valence-electron chi connectivity index (χ0n) is 12.5. The Bertz CT molecular complexity index is 412. The molecular weight excluding hydrogens is 248 g/mol. The minimum atomic E-state index is 0.685. The monoisotopic (exact) mass is 274 g/mol. The lowest BCUT2D eigenvalue weighted by Gasteiger charge is -2.34. The molecule has 3 nitrogen and oxygen atoms in total. The second kappa shape index (κ2) is 6.59. The molecule has 1 aliphatic heterocycles. The zero-order valence-corrected chi connectivity index (χ0v) is 12.5. The molecule has 0 radical (unpaired) electrons. The van der Waals surface area contributed by atoms with Crippen molar-refractivity contribution in [2.45, 2.75) is 38.3 Å². The van der Waals surface area contributed by atoms with Gasteiger partial charge in [-0.1, -0.05) is 12.1 Å². The van der Waals surface area contributed by atoms with Gasteiger partial charge in [0, 0.05) is 38.5 Å². The number of hydrogen-bond acceptors (Lipinski definition) is 3. The van der Waals surface area contributed by atoms with Crippen LogP contribution in [-0.4, -0.2) is 32.8 Å². The van der Waals surface area contributed by atoms with Crippen molar-refractivity contribution >= 4 is 5.69 Å². The SMILES string of the molecule is COCC1CCCN(c2ccc(CNC3CC3)cc2)C1. The van der Waals surface area contributed by atoms with Gasteiger partial charge in [-0.25, -0.2) is 0 Å². The summed E-state index contributed by atoms with van der Waals surface area (Å²) in [6.07, 6.45) is 5.28. The Morgan fingerprint density at radius 1 is 1.20 bits per heavy atom. The molecule has 20 heavy (non-hydrogen) atoms. The number of benzene rings is 1. The van der Waals surface area contributed by atoms with E-state index in [9.17, 15) is 0 Å². The normalized spacial score (nSPS) is 23.1. The number of nitrogens with zero attached hydrogens (tertiary/aromatic N) is 1. The Hall–Kier alpha value is -1.06. The van der Waals surface area contributed by atoms with Crippen molar-refractivity contribution in [2.24, 2.45) is 5.92 Å². The van der Waals surface area contributed by atoms with Crippen LogP contribution in [0.15, 0.2) is 24.3 Å². The van der Waals surface area contributed by atoms with E-state index in [1.165, 1.54) is 43.5 Å². The third kappa shape index (κ3) is 3.74. The van der Waals surface area contributed by atoms with Gasteiger partial charge in [0.25, 0.3) is 0 Å². The Balaban J connectivity index is 1.55. The van der Waals surface area contributed by atoms with Crippen LogP contribution in [0.2, 0.25) is 0 Å². The summed E-state index contributed by atoms with van der Waals surface area (Å²) in [6.45, 7) is 4.21. The summed E-state index contributed by atoms with van der Waals surface area (Å²) in [7, 11) is 1.81. The Labute approximate surface area is 122 Å². The van der Waals surface area contributed by atoms with Crippen LogP contribution in [0.3, 0.4) is 0 Å². The number of methoxy groups -OCH3 is 1. The van der Waals surface area contributed by atoms with Crippen LogP contribution in [0.5, 0.6) is 0 Å². The number of ether oxygens (including phenoxy) is 1. The van der Waals surface area contributed by atoms with Crippen molar-refractivity contribution in [1.82, 2.24) is 5.32 Å². The Morgan fingerprint density at radius 2 is 2.00 bits per heavy atom. The summed E-state index contributed by atoms with van der Waals surface area (Å²) in [6, 6.07) is 9.87. The van der Waals surface area contributed by atoms with Crippen molar-refractivity contribution in [1.29, 1.82) is 0 Å². The first-order valence-electron chi connectivity index (χ1n) is 7.91. The van der Waals surface area contributed by atoms with Crippen LogP contribution < -0.4 is 10.2 Å². The summed E-state index contributed by atoms with van der Waals surface area (Å²) in [5.74, 6) is 0.685. The largest absolute Gasteiger partial charge is 0.384 e. The molecular formula is C17H26N2O. The first kappa shape index (κ1) is 13.9. The van der Waals surface area contributed by atoms with E-state index in [4.69, 9.17) is 4.74 Å². The molecule has 1 saturated carbocycles. The Morgan fingerprint density at radius 3 is 2.70 bits per heavy atom. The molecule has 1 aliphatic carbocycles. The number of piperidine rings is 1. The highest BCUT2D eigenvalue weighted by Gasteiger charge is 2.21. The standard InChI is InChI=1S/C17H26N2O/c1-20-13-15-3-2-10-19(12-15)17-8-4-14(5-9-17)11-18-16-6-7-16/h4-5,8-9,15-16,18H,2-3,6-7,10-13H2,1H3. The van der Waals surface area contributed by atoms with E-state index in [1.807, 2.05) is 0 Å². The molecule has 2 fully saturated rings. The van der Waals surface area contributed by atoms with Gasteiger partial charge in [0.05, 0.1) is 6.61 Å². The molecule has 0 amide bonds. The first-order valence-corrected chi connectivity index (χ1v) is 7.91. The second-order valence-corrected chi connectivity index (χ2v) is 6.23. The molecule has 1 unspecified atom stereocenters. The average Bonchev–Trinajstić information content (AvgIpc) is 3.31. The fraction of sp³-hybridized carbons (Fsp3) is 0.647. The number of rotatable bonds is 6. The molecule has 110 valence electrons. The average molecular weight is 274 g/mol. The van der Waals surface area contributed by atoms with Crippen molar-refractivity contribution in [3.8, 4) is 0 Å². The summed E-state index contributed by atoms with van der Waals surface area (Å²) in [4.78, 5) is 2.51. The number of anilines is 1. The smallest absolute Gasteiger partial charge is 0.0507 e. The molecule has 0 spiro atoms. The summed E-state index contributed by atoms with van der Waals surface area (Å²) in [5.41, 5.74) is 2.76. The van der Waals surface area contributed by atoms with Crippen LogP contribution in [-0.2, 0) is 11.3 Å². The quantitative estimate of drug-likeness (QED) is 0.863. The molecule has 0 bridgehead atoms. The number of hydrogen-bond donors (Lipinski definition) is 1.